The maximum Gasteiger partial charge on any atom is 0.185 e. The second-order valence-corrected chi connectivity index (χ2v) is 7.23. The van der Waals surface area contributed by atoms with Crippen LogP contribution in [0.2, 0.25) is 0 Å². The van der Waals surface area contributed by atoms with Gasteiger partial charge >= 0.3 is 0 Å². The number of ketones is 1. The van der Waals surface area contributed by atoms with Gasteiger partial charge in [-0.05, 0) is 58.9 Å². The van der Waals surface area contributed by atoms with E-state index in [1.54, 1.807) is 18.2 Å². The van der Waals surface area contributed by atoms with Crippen LogP contribution in [0.1, 0.15) is 32.6 Å². The second kappa shape index (κ2) is 8.79. The molecular formula is C22H28N2O2. The predicted octanol–water partition coefficient (Wildman–Crippen LogP) is 3.72. The predicted molar refractivity (Wildman–Crippen MR) is 107 cm³/mol. The molecule has 26 heavy (non-hydrogen) atoms. The maximum absolute atomic E-state index is 12.7. The molecule has 0 saturated heterocycles. The van der Waals surface area contributed by atoms with Gasteiger partial charge in [0.25, 0.3) is 0 Å². The minimum atomic E-state index is -0.0643. The Morgan fingerprint density at radius 3 is 1.92 bits per heavy atom. The van der Waals surface area contributed by atoms with Crippen LogP contribution in [0.15, 0.2) is 42.5 Å². The van der Waals surface area contributed by atoms with E-state index in [2.05, 4.69) is 0 Å². The Morgan fingerprint density at radius 1 is 0.962 bits per heavy atom. The van der Waals surface area contributed by atoms with E-state index in [-0.39, 0.29) is 11.5 Å². The summed E-state index contributed by atoms with van der Waals surface area (Å²) in [6.45, 7) is 3.19. The van der Waals surface area contributed by atoms with Crippen molar-refractivity contribution in [3.63, 3.8) is 0 Å². The van der Waals surface area contributed by atoms with Crippen molar-refractivity contribution in [3.05, 3.63) is 70.3 Å². The summed E-state index contributed by atoms with van der Waals surface area (Å²) in [4.78, 5) is 16.6. The first-order valence-electron chi connectivity index (χ1n) is 8.69. The summed E-state index contributed by atoms with van der Waals surface area (Å²) in [5, 5.41) is 10.5. The number of rotatable bonds is 7. The van der Waals surface area contributed by atoms with Gasteiger partial charge in [-0.2, -0.15) is 0 Å². The lowest BCUT2D eigenvalue weighted by Crippen LogP contribution is -2.15. The van der Waals surface area contributed by atoms with E-state index in [0.29, 0.717) is 18.7 Å². The van der Waals surface area contributed by atoms with E-state index in [9.17, 15) is 9.90 Å². The molecule has 2 aromatic rings. The van der Waals surface area contributed by atoms with Gasteiger partial charge in [-0.3, -0.25) is 4.79 Å². The molecule has 0 fully saturated rings. The van der Waals surface area contributed by atoms with Crippen molar-refractivity contribution >= 4 is 11.9 Å². The molecule has 0 aliphatic carbocycles. The van der Waals surface area contributed by atoms with Gasteiger partial charge in [0, 0.05) is 29.8 Å². The van der Waals surface area contributed by atoms with E-state index in [4.69, 9.17) is 0 Å². The van der Waals surface area contributed by atoms with Crippen LogP contribution in [-0.2, 0) is 13.1 Å². The largest absolute Gasteiger partial charge is 0.507 e. The Bertz CT molecular complexity index is 759. The number of phenolic OH excluding ortho intramolecular Hbond substituents is 1. The van der Waals surface area contributed by atoms with E-state index < -0.39 is 0 Å². The molecule has 0 atom stereocenters. The third-order valence-corrected chi connectivity index (χ3v) is 4.03. The quantitative estimate of drug-likeness (QED) is 0.609. The average Bonchev–Trinajstić information content (AvgIpc) is 2.56. The van der Waals surface area contributed by atoms with Crippen molar-refractivity contribution in [2.24, 2.45) is 0 Å². The minimum Gasteiger partial charge on any atom is -0.507 e. The zero-order chi connectivity index (χ0) is 19.3. The first-order chi connectivity index (χ1) is 12.3. The standard InChI is InChI=1S/C22H28N2O2/c1-16-6-8-17(9-7-16)10-11-21(25)18-12-19(14-23(2)3)22(26)20(13-18)15-24(4)5/h6-13,26H,14-15H2,1-5H3/b11-10+. The topological polar surface area (TPSA) is 43.8 Å². The molecule has 0 amide bonds. The number of nitrogens with zero attached hydrogens (tertiary/aromatic N) is 2. The molecule has 0 spiro atoms. The van der Waals surface area contributed by atoms with Crippen LogP contribution in [0, 0.1) is 6.92 Å². The summed E-state index contributed by atoms with van der Waals surface area (Å²) in [6.07, 6.45) is 3.42. The van der Waals surface area contributed by atoms with E-state index >= 15 is 0 Å². The van der Waals surface area contributed by atoms with Gasteiger partial charge in [0.1, 0.15) is 5.75 Å². The van der Waals surface area contributed by atoms with Crippen LogP contribution in [0.25, 0.3) is 6.08 Å². The molecule has 0 unspecified atom stereocenters. The Kier molecular flexibility index (Phi) is 6.72. The highest BCUT2D eigenvalue weighted by molar-refractivity contribution is 6.07. The van der Waals surface area contributed by atoms with Crippen molar-refractivity contribution in [1.29, 1.82) is 0 Å². The first-order valence-corrected chi connectivity index (χ1v) is 8.69. The molecule has 0 aliphatic rings. The average molecular weight is 352 g/mol. The lowest BCUT2D eigenvalue weighted by Gasteiger charge is -2.17. The van der Waals surface area contributed by atoms with E-state index in [1.165, 1.54) is 5.56 Å². The van der Waals surface area contributed by atoms with Crippen LogP contribution in [0.3, 0.4) is 0 Å². The zero-order valence-corrected chi connectivity index (χ0v) is 16.3. The van der Waals surface area contributed by atoms with Gasteiger partial charge in [0.15, 0.2) is 5.78 Å². The minimum absolute atomic E-state index is 0.0643. The Morgan fingerprint density at radius 2 is 1.46 bits per heavy atom. The number of carbonyl (C=O) groups excluding carboxylic acids is 1. The Hall–Kier alpha value is -2.43. The number of phenols is 1. The molecule has 138 valence electrons. The maximum atomic E-state index is 12.7. The SMILES string of the molecule is Cc1ccc(/C=C/C(=O)c2cc(CN(C)C)c(O)c(CN(C)C)c2)cc1. The van der Waals surface area contributed by atoms with Gasteiger partial charge in [-0.25, -0.2) is 0 Å². The highest BCUT2D eigenvalue weighted by Gasteiger charge is 2.14. The van der Waals surface area contributed by atoms with Crippen molar-refractivity contribution in [3.8, 4) is 5.75 Å². The van der Waals surface area contributed by atoms with Crippen molar-refractivity contribution in [2.45, 2.75) is 20.0 Å². The lowest BCUT2D eigenvalue weighted by molar-refractivity contribution is 0.104. The van der Waals surface area contributed by atoms with Crippen molar-refractivity contribution in [2.75, 3.05) is 28.2 Å². The number of aromatic hydroxyl groups is 1. The first kappa shape index (κ1) is 19.9. The Balaban J connectivity index is 2.33. The molecule has 0 bridgehead atoms. The summed E-state index contributed by atoms with van der Waals surface area (Å²) in [5.74, 6) is 0.206. The molecule has 4 heteroatoms. The fraction of sp³-hybridized carbons (Fsp3) is 0.318. The van der Waals surface area contributed by atoms with Crippen LogP contribution >= 0.6 is 0 Å². The van der Waals surface area contributed by atoms with Crippen molar-refractivity contribution < 1.29 is 9.90 Å². The van der Waals surface area contributed by atoms with Crippen LogP contribution in [0.5, 0.6) is 5.75 Å². The molecular weight excluding hydrogens is 324 g/mol. The summed E-state index contributed by atoms with van der Waals surface area (Å²) in [5.41, 5.74) is 4.31. The molecule has 4 nitrogen and oxygen atoms in total. The van der Waals surface area contributed by atoms with E-state index in [0.717, 1.165) is 16.7 Å². The van der Waals surface area contributed by atoms with Gasteiger partial charge < -0.3 is 14.9 Å². The normalized spacial score (nSPS) is 11.7. The monoisotopic (exact) mass is 352 g/mol. The fourth-order valence-electron chi connectivity index (χ4n) is 2.77. The number of benzene rings is 2. The molecule has 0 saturated carbocycles. The lowest BCUT2D eigenvalue weighted by atomic mass is 9.99. The van der Waals surface area contributed by atoms with Crippen LogP contribution in [0.4, 0.5) is 0 Å². The van der Waals surface area contributed by atoms with Gasteiger partial charge in [0.2, 0.25) is 0 Å². The van der Waals surface area contributed by atoms with Gasteiger partial charge in [-0.15, -0.1) is 0 Å². The fourth-order valence-corrected chi connectivity index (χ4v) is 2.77. The molecule has 2 aromatic carbocycles. The third-order valence-electron chi connectivity index (χ3n) is 4.03. The number of hydrogen-bond acceptors (Lipinski definition) is 4. The molecule has 1 N–H and O–H groups in total. The highest BCUT2D eigenvalue weighted by atomic mass is 16.3. The van der Waals surface area contributed by atoms with Crippen molar-refractivity contribution in [1.82, 2.24) is 9.80 Å². The Labute approximate surface area is 156 Å². The second-order valence-electron chi connectivity index (χ2n) is 7.23. The number of aryl methyl sites for hydroxylation is 1. The third kappa shape index (κ3) is 5.55. The molecule has 2 rings (SSSR count). The van der Waals surface area contributed by atoms with Crippen LogP contribution < -0.4 is 0 Å². The zero-order valence-electron chi connectivity index (χ0n) is 16.3. The number of hydrogen-bond donors (Lipinski definition) is 1. The summed E-state index contributed by atoms with van der Waals surface area (Å²) in [6, 6.07) is 11.6. The molecule has 0 aromatic heterocycles. The summed E-state index contributed by atoms with van der Waals surface area (Å²) in [7, 11) is 7.77. The number of carbonyl (C=O) groups is 1. The summed E-state index contributed by atoms with van der Waals surface area (Å²) < 4.78 is 0. The van der Waals surface area contributed by atoms with Crippen LogP contribution in [-0.4, -0.2) is 48.9 Å². The smallest absolute Gasteiger partial charge is 0.185 e. The highest BCUT2D eigenvalue weighted by Crippen LogP contribution is 2.27. The van der Waals surface area contributed by atoms with E-state index in [1.807, 2.05) is 75.3 Å². The number of allylic oxidation sites excluding steroid dienone is 1. The molecule has 0 radical (unpaired) electrons. The molecule has 0 heterocycles. The van der Waals surface area contributed by atoms with Gasteiger partial charge in [-0.1, -0.05) is 35.9 Å². The van der Waals surface area contributed by atoms with Gasteiger partial charge in [0.05, 0.1) is 0 Å². The molecule has 0 aliphatic heterocycles. The summed E-state index contributed by atoms with van der Waals surface area (Å²) >= 11 is 0.